The number of methoxy groups -OCH3 is 1. The van der Waals surface area contributed by atoms with Crippen molar-refractivity contribution in [2.24, 2.45) is 0 Å². The van der Waals surface area contributed by atoms with E-state index in [1.165, 1.54) is 12.1 Å². The van der Waals surface area contributed by atoms with Crippen LogP contribution in [0.1, 0.15) is 16.1 Å². The number of nitrogens with one attached hydrogen (secondary N) is 2. The number of benzene rings is 3. The van der Waals surface area contributed by atoms with Gasteiger partial charge < -0.3 is 15.0 Å². The van der Waals surface area contributed by atoms with Crippen LogP contribution >= 0.6 is 0 Å². The number of hydrogen-bond donors (Lipinski definition) is 2. The first-order valence-corrected chi connectivity index (χ1v) is 10.7. The zero-order chi connectivity index (χ0) is 22.8. The molecule has 5 rings (SSSR count). The molecule has 164 valence electrons. The van der Waals surface area contributed by atoms with Crippen LogP contribution in [0, 0.1) is 5.82 Å². The zero-order valence-electron chi connectivity index (χ0n) is 18.1. The number of nitrogens with zero attached hydrogens (tertiary/aromatic N) is 1. The number of amides is 1. The van der Waals surface area contributed by atoms with E-state index in [0.717, 1.165) is 38.7 Å². The number of aromatic nitrogens is 2. The lowest BCUT2D eigenvalue weighted by Gasteiger charge is -2.09. The van der Waals surface area contributed by atoms with Gasteiger partial charge in [0.1, 0.15) is 17.3 Å². The average Bonchev–Trinajstić information content (AvgIpc) is 3.23. The molecule has 0 aliphatic rings. The molecule has 3 aromatic carbocycles. The fourth-order valence-corrected chi connectivity index (χ4v) is 3.98. The molecule has 6 heteroatoms. The highest BCUT2D eigenvalue weighted by atomic mass is 19.1. The normalized spacial score (nSPS) is 11.1. The molecule has 0 saturated carbocycles. The van der Waals surface area contributed by atoms with Gasteiger partial charge >= 0.3 is 0 Å². The van der Waals surface area contributed by atoms with Crippen molar-refractivity contribution in [1.82, 2.24) is 15.3 Å². The Morgan fingerprint density at radius 3 is 2.52 bits per heavy atom. The van der Waals surface area contributed by atoms with Crippen LogP contribution in [0.4, 0.5) is 4.39 Å². The van der Waals surface area contributed by atoms with Gasteiger partial charge in [-0.15, -0.1) is 0 Å². The third kappa shape index (κ3) is 4.15. The molecule has 0 saturated heterocycles. The van der Waals surface area contributed by atoms with E-state index in [1.807, 2.05) is 54.6 Å². The number of rotatable bonds is 6. The molecule has 0 aliphatic heterocycles. The van der Waals surface area contributed by atoms with E-state index in [2.05, 4.69) is 15.3 Å². The Morgan fingerprint density at radius 1 is 1.00 bits per heavy atom. The molecule has 1 amide bonds. The molecule has 5 aromatic rings. The van der Waals surface area contributed by atoms with Gasteiger partial charge in [-0.2, -0.15) is 0 Å². The van der Waals surface area contributed by atoms with Gasteiger partial charge in [-0.05, 0) is 60.5 Å². The number of halogens is 1. The Balaban J connectivity index is 1.47. The van der Waals surface area contributed by atoms with Gasteiger partial charge in [0.25, 0.3) is 5.91 Å². The largest absolute Gasteiger partial charge is 0.497 e. The maximum Gasteiger partial charge on any atom is 0.269 e. The summed E-state index contributed by atoms with van der Waals surface area (Å²) in [6.45, 7) is 0.477. The molecule has 33 heavy (non-hydrogen) atoms. The predicted octanol–water partition coefficient (Wildman–Crippen LogP) is 5.50. The van der Waals surface area contributed by atoms with E-state index >= 15 is 0 Å². The second-order valence-electron chi connectivity index (χ2n) is 7.81. The molecular weight excluding hydrogens is 417 g/mol. The van der Waals surface area contributed by atoms with Crippen molar-refractivity contribution in [3.63, 3.8) is 0 Å². The van der Waals surface area contributed by atoms with Gasteiger partial charge in [0.2, 0.25) is 0 Å². The maximum absolute atomic E-state index is 13.5. The minimum atomic E-state index is -0.320. The molecule has 0 radical (unpaired) electrons. The number of pyridine rings is 1. The van der Waals surface area contributed by atoms with Gasteiger partial charge in [-0.1, -0.05) is 30.3 Å². The van der Waals surface area contributed by atoms with Crippen LogP contribution in [0.2, 0.25) is 0 Å². The van der Waals surface area contributed by atoms with E-state index in [9.17, 15) is 9.18 Å². The van der Waals surface area contributed by atoms with E-state index in [0.29, 0.717) is 24.4 Å². The highest BCUT2D eigenvalue weighted by molar-refractivity contribution is 6.13. The molecule has 2 heterocycles. The third-order valence-electron chi connectivity index (χ3n) is 5.70. The first-order valence-electron chi connectivity index (χ1n) is 10.7. The van der Waals surface area contributed by atoms with Crippen molar-refractivity contribution in [3.8, 4) is 17.0 Å². The summed E-state index contributed by atoms with van der Waals surface area (Å²) in [6.07, 6.45) is 0.690. The van der Waals surface area contributed by atoms with Crippen molar-refractivity contribution in [1.29, 1.82) is 0 Å². The van der Waals surface area contributed by atoms with Crippen LogP contribution in [-0.4, -0.2) is 29.5 Å². The fourth-order valence-electron chi connectivity index (χ4n) is 3.98. The Hall–Kier alpha value is -4.19. The molecule has 0 spiro atoms. The highest BCUT2D eigenvalue weighted by Crippen LogP contribution is 2.32. The summed E-state index contributed by atoms with van der Waals surface area (Å²) in [4.78, 5) is 21.1. The number of ether oxygens (including phenoxy) is 1. The van der Waals surface area contributed by atoms with Crippen molar-refractivity contribution in [2.45, 2.75) is 6.42 Å². The van der Waals surface area contributed by atoms with Gasteiger partial charge in [0, 0.05) is 28.4 Å². The van der Waals surface area contributed by atoms with Crippen molar-refractivity contribution >= 4 is 27.7 Å². The lowest BCUT2D eigenvalue weighted by atomic mass is 10.1. The predicted molar refractivity (Wildman–Crippen MR) is 128 cm³/mol. The molecule has 0 atom stereocenters. The molecule has 0 unspecified atom stereocenters. The number of carbonyl (C=O) groups excluding carboxylic acids is 1. The Bertz CT molecular complexity index is 1440. The molecule has 2 aromatic heterocycles. The summed E-state index contributed by atoms with van der Waals surface area (Å²) < 4.78 is 18.7. The monoisotopic (exact) mass is 439 g/mol. The number of para-hydroxylation sites is 1. The average molecular weight is 439 g/mol. The number of fused-ring (bicyclic) bond motifs is 3. The minimum absolute atomic E-state index is 0.251. The standard InChI is InChI=1S/C27H22FN3O2/c1-33-20-12-6-17(7-13-20)14-15-29-27(32)24-16-22-21-4-2-3-5-23(21)30-26(22)25(31-24)18-8-10-19(28)11-9-18/h2-13,16,30H,14-15H2,1H3,(H,29,32). The smallest absolute Gasteiger partial charge is 0.269 e. The molecule has 5 nitrogen and oxygen atoms in total. The Morgan fingerprint density at radius 2 is 1.76 bits per heavy atom. The number of carbonyl (C=O) groups is 1. The third-order valence-corrected chi connectivity index (χ3v) is 5.70. The fraction of sp³-hybridized carbons (Fsp3) is 0.111. The SMILES string of the molecule is COc1ccc(CCNC(=O)c2cc3c([nH]c4ccccc43)c(-c3ccc(F)cc3)n2)cc1. The van der Waals surface area contributed by atoms with Crippen LogP contribution in [0.15, 0.2) is 78.9 Å². The van der Waals surface area contributed by atoms with Gasteiger partial charge in [0.15, 0.2) is 0 Å². The Labute approximate surface area is 190 Å². The molecule has 0 fully saturated rings. The molecule has 2 N–H and O–H groups in total. The molecule has 0 bridgehead atoms. The number of aromatic amines is 1. The van der Waals surface area contributed by atoms with Gasteiger partial charge in [-0.25, -0.2) is 9.37 Å². The quantitative estimate of drug-likeness (QED) is 0.367. The summed E-state index contributed by atoms with van der Waals surface area (Å²) in [5.41, 5.74) is 4.54. The summed E-state index contributed by atoms with van der Waals surface area (Å²) in [5, 5.41) is 4.87. The first kappa shape index (κ1) is 20.7. The molecule has 0 aliphatic carbocycles. The lowest BCUT2D eigenvalue weighted by molar-refractivity contribution is 0.0949. The second kappa shape index (κ2) is 8.74. The van der Waals surface area contributed by atoms with Gasteiger partial charge in [-0.3, -0.25) is 4.79 Å². The van der Waals surface area contributed by atoms with Crippen LogP contribution in [-0.2, 0) is 6.42 Å². The minimum Gasteiger partial charge on any atom is -0.497 e. The van der Waals surface area contributed by atoms with E-state index in [1.54, 1.807) is 19.2 Å². The maximum atomic E-state index is 13.5. The Kier molecular flexibility index (Phi) is 5.48. The van der Waals surface area contributed by atoms with E-state index in [4.69, 9.17) is 4.74 Å². The number of H-pyrrole nitrogens is 1. The summed E-state index contributed by atoms with van der Waals surface area (Å²) in [6, 6.07) is 23.6. The van der Waals surface area contributed by atoms with E-state index in [-0.39, 0.29) is 11.7 Å². The molecular formula is C27H22FN3O2. The zero-order valence-corrected chi connectivity index (χ0v) is 18.1. The van der Waals surface area contributed by atoms with E-state index < -0.39 is 0 Å². The number of hydrogen-bond acceptors (Lipinski definition) is 3. The van der Waals surface area contributed by atoms with Crippen molar-refractivity contribution in [3.05, 3.63) is 95.9 Å². The summed E-state index contributed by atoms with van der Waals surface area (Å²) in [5.74, 6) is 0.227. The van der Waals surface area contributed by atoms with Crippen LogP contribution in [0.3, 0.4) is 0 Å². The summed E-state index contributed by atoms with van der Waals surface area (Å²) >= 11 is 0. The van der Waals surface area contributed by atoms with Crippen LogP contribution in [0.5, 0.6) is 5.75 Å². The lowest BCUT2D eigenvalue weighted by Crippen LogP contribution is -2.26. The highest BCUT2D eigenvalue weighted by Gasteiger charge is 2.17. The van der Waals surface area contributed by atoms with Crippen LogP contribution in [0.25, 0.3) is 33.1 Å². The second-order valence-corrected chi connectivity index (χ2v) is 7.81. The topological polar surface area (TPSA) is 67.0 Å². The van der Waals surface area contributed by atoms with Crippen molar-refractivity contribution < 1.29 is 13.9 Å². The van der Waals surface area contributed by atoms with Gasteiger partial charge in [0.05, 0.1) is 18.3 Å². The van der Waals surface area contributed by atoms with Crippen LogP contribution < -0.4 is 10.1 Å². The first-order chi connectivity index (χ1) is 16.1. The van der Waals surface area contributed by atoms with Crippen molar-refractivity contribution in [2.75, 3.05) is 13.7 Å². The summed E-state index contributed by atoms with van der Waals surface area (Å²) in [7, 11) is 1.63.